The molecule has 2 unspecified atom stereocenters. The fraction of sp³-hybridized carbons (Fsp3) is 1.00. The molecule has 1 heterocycles. The van der Waals surface area contributed by atoms with Crippen molar-refractivity contribution >= 4 is 23.4 Å². The van der Waals surface area contributed by atoms with E-state index in [0.29, 0.717) is 11.4 Å². The van der Waals surface area contributed by atoms with Crippen molar-refractivity contribution in [1.29, 1.82) is 0 Å². The zero-order chi connectivity index (χ0) is 9.52. The highest BCUT2D eigenvalue weighted by molar-refractivity contribution is 7.99. The first kappa shape index (κ1) is 11.7. The number of thioether (sulfide) groups is 1. The van der Waals surface area contributed by atoms with Gasteiger partial charge in [-0.15, -0.1) is 11.6 Å². The first-order valence-electron chi connectivity index (χ1n) is 5.12. The molecule has 1 nitrogen and oxygen atoms in total. The Hall–Kier alpha value is 0.600. The maximum atomic E-state index is 5.66. The van der Waals surface area contributed by atoms with E-state index in [2.05, 4.69) is 6.92 Å². The minimum Gasteiger partial charge on any atom is -0.378 e. The smallest absolute Gasteiger partial charge is 0.0583 e. The number of halogens is 1. The summed E-state index contributed by atoms with van der Waals surface area (Å²) in [4.78, 5) is 0. The monoisotopic (exact) mass is 222 g/mol. The van der Waals surface area contributed by atoms with Crippen LogP contribution < -0.4 is 0 Å². The third kappa shape index (κ3) is 5.14. The normalized spacial score (nSPS) is 24.9. The van der Waals surface area contributed by atoms with E-state index in [4.69, 9.17) is 16.3 Å². The minimum absolute atomic E-state index is 0.552. The summed E-state index contributed by atoms with van der Waals surface area (Å²) in [6, 6.07) is 0. The molecule has 1 saturated heterocycles. The molecule has 0 radical (unpaired) electrons. The molecule has 1 aliphatic heterocycles. The Balaban J connectivity index is 1.93. The summed E-state index contributed by atoms with van der Waals surface area (Å²) < 4.78 is 5.56. The zero-order valence-electron chi connectivity index (χ0n) is 8.30. The molecule has 78 valence electrons. The number of rotatable bonds is 6. The van der Waals surface area contributed by atoms with Gasteiger partial charge < -0.3 is 4.74 Å². The highest BCUT2D eigenvalue weighted by atomic mass is 35.5. The minimum atomic E-state index is 0.552. The molecule has 0 aromatic rings. The second kappa shape index (κ2) is 6.97. The Morgan fingerprint density at radius 3 is 3.08 bits per heavy atom. The molecular formula is C10H19ClOS. The number of hydrogen-bond donors (Lipinski definition) is 0. The average Bonchev–Trinajstić information content (AvgIpc) is 2.57. The van der Waals surface area contributed by atoms with Crippen LogP contribution in [0.5, 0.6) is 0 Å². The summed E-state index contributed by atoms with van der Waals surface area (Å²) in [7, 11) is 0. The highest BCUT2D eigenvalue weighted by Gasteiger charge is 2.15. The van der Waals surface area contributed by atoms with Crippen molar-refractivity contribution in [2.45, 2.75) is 44.0 Å². The Kier molecular flexibility index (Phi) is 6.26. The molecule has 0 bridgehead atoms. The second-order valence-corrected chi connectivity index (χ2v) is 5.51. The van der Waals surface area contributed by atoms with Crippen LogP contribution in [-0.2, 0) is 4.74 Å². The van der Waals surface area contributed by atoms with Gasteiger partial charge in [-0.25, -0.2) is 0 Å². The van der Waals surface area contributed by atoms with E-state index in [-0.39, 0.29) is 0 Å². The van der Waals surface area contributed by atoms with Gasteiger partial charge in [0.15, 0.2) is 0 Å². The maximum Gasteiger partial charge on any atom is 0.0583 e. The summed E-state index contributed by atoms with van der Waals surface area (Å²) in [5.74, 6) is 2.01. The molecule has 0 aliphatic carbocycles. The molecule has 0 N–H and O–H groups in total. The van der Waals surface area contributed by atoms with Gasteiger partial charge in [0, 0.05) is 17.7 Å². The van der Waals surface area contributed by atoms with Gasteiger partial charge in [-0.2, -0.15) is 11.8 Å². The lowest BCUT2D eigenvalue weighted by Gasteiger charge is -2.11. The van der Waals surface area contributed by atoms with Gasteiger partial charge in [-0.05, 0) is 31.4 Å². The highest BCUT2D eigenvalue weighted by Crippen LogP contribution is 2.21. The topological polar surface area (TPSA) is 9.23 Å². The van der Waals surface area contributed by atoms with Crippen LogP contribution in [0.4, 0.5) is 0 Å². The number of hydrogen-bond acceptors (Lipinski definition) is 2. The lowest BCUT2D eigenvalue weighted by Crippen LogP contribution is -2.07. The van der Waals surface area contributed by atoms with E-state index < -0.39 is 0 Å². The molecule has 0 spiro atoms. The van der Waals surface area contributed by atoms with Gasteiger partial charge >= 0.3 is 0 Å². The molecular weight excluding hydrogens is 204 g/mol. The molecule has 1 aliphatic rings. The molecule has 1 fully saturated rings. The van der Waals surface area contributed by atoms with Gasteiger partial charge in [-0.3, -0.25) is 0 Å². The SMILES string of the molecule is CC(CCCl)SCCC1CCCO1. The van der Waals surface area contributed by atoms with Crippen LogP contribution in [0.25, 0.3) is 0 Å². The first-order valence-corrected chi connectivity index (χ1v) is 6.70. The predicted molar refractivity (Wildman–Crippen MR) is 60.8 cm³/mol. The second-order valence-electron chi connectivity index (χ2n) is 3.58. The van der Waals surface area contributed by atoms with Crippen LogP contribution in [0.1, 0.15) is 32.6 Å². The van der Waals surface area contributed by atoms with Crippen molar-refractivity contribution in [3.05, 3.63) is 0 Å². The zero-order valence-corrected chi connectivity index (χ0v) is 9.87. The van der Waals surface area contributed by atoms with Crippen molar-refractivity contribution in [2.75, 3.05) is 18.2 Å². The molecule has 1 rings (SSSR count). The molecule has 0 saturated carbocycles. The Labute approximate surface area is 90.6 Å². The van der Waals surface area contributed by atoms with Crippen LogP contribution >= 0.6 is 23.4 Å². The fourth-order valence-electron chi connectivity index (χ4n) is 1.51. The standard InChI is InChI=1S/C10H19ClOS/c1-9(4-6-11)13-8-5-10-3-2-7-12-10/h9-10H,2-8H2,1H3. The van der Waals surface area contributed by atoms with Crippen LogP contribution in [0.3, 0.4) is 0 Å². The van der Waals surface area contributed by atoms with E-state index in [1.54, 1.807) is 0 Å². The maximum absolute atomic E-state index is 5.66. The van der Waals surface area contributed by atoms with E-state index in [1.165, 1.54) is 25.0 Å². The number of alkyl halides is 1. The lowest BCUT2D eigenvalue weighted by molar-refractivity contribution is 0.109. The fourth-order valence-corrected chi connectivity index (χ4v) is 3.05. The lowest BCUT2D eigenvalue weighted by atomic mass is 10.2. The van der Waals surface area contributed by atoms with Crippen molar-refractivity contribution in [2.24, 2.45) is 0 Å². The van der Waals surface area contributed by atoms with Crippen molar-refractivity contribution in [3.63, 3.8) is 0 Å². The third-order valence-corrected chi connectivity index (χ3v) is 3.88. The Morgan fingerprint density at radius 1 is 1.62 bits per heavy atom. The summed E-state index contributed by atoms with van der Waals surface area (Å²) in [5, 5.41) is 0.707. The number of ether oxygens (including phenoxy) is 1. The molecule has 13 heavy (non-hydrogen) atoms. The van der Waals surface area contributed by atoms with E-state index >= 15 is 0 Å². The van der Waals surface area contributed by atoms with Crippen molar-refractivity contribution in [3.8, 4) is 0 Å². The average molecular weight is 223 g/mol. The predicted octanol–water partition coefficient (Wildman–Crippen LogP) is 3.31. The Bertz CT molecular complexity index is 126. The van der Waals surface area contributed by atoms with Crippen LogP contribution in [0.2, 0.25) is 0 Å². The largest absolute Gasteiger partial charge is 0.378 e. The van der Waals surface area contributed by atoms with Gasteiger partial charge in [0.25, 0.3) is 0 Å². The summed E-state index contributed by atoms with van der Waals surface area (Å²) in [6.07, 6.45) is 5.42. The molecule has 0 aromatic carbocycles. The van der Waals surface area contributed by atoms with Crippen LogP contribution in [0.15, 0.2) is 0 Å². The van der Waals surface area contributed by atoms with E-state index in [0.717, 1.165) is 18.9 Å². The third-order valence-electron chi connectivity index (χ3n) is 2.38. The van der Waals surface area contributed by atoms with Gasteiger partial charge in [0.05, 0.1) is 6.10 Å². The Morgan fingerprint density at radius 2 is 2.46 bits per heavy atom. The quantitative estimate of drug-likeness (QED) is 0.638. The van der Waals surface area contributed by atoms with Gasteiger partial charge in [0.1, 0.15) is 0 Å². The van der Waals surface area contributed by atoms with Crippen LogP contribution in [0, 0.1) is 0 Å². The summed E-state index contributed by atoms with van der Waals surface area (Å²) in [6.45, 7) is 3.23. The van der Waals surface area contributed by atoms with Crippen molar-refractivity contribution < 1.29 is 4.74 Å². The first-order chi connectivity index (χ1) is 6.33. The summed E-state index contributed by atoms with van der Waals surface area (Å²) in [5.41, 5.74) is 0. The van der Waals surface area contributed by atoms with Gasteiger partial charge in [0.2, 0.25) is 0 Å². The van der Waals surface area contributed by atoms with Crippen LogP contribution in [-0.4, -0.2) is 29.6 Å². The van der Waals surface area contributed by atoms with Crippen molar-refractivity contribution in [1.82, 2.24) is 0 Å². The van der Waals surface area contributed by atoms with Gasteiger partial charge in [-0.1, -0.05) is 6.92 Å². The molecule has 0 aromatic heterocycles. The van der Waals surface area contributed by atoms with E-state index in [1.807, 2.05) is 11.8 Å². The summed E-state index contributed by atoms with van der Waals surface area (Å²) >= 11 is 7.69. The molecule has 3 heteroatoms. The molecule has 2 atom stereocenters. The molecule has 0 amide bonds. The van der Waals surface area contributed by atoms with E-state index in [9.17, 15) is 0 Å².